The van der Waals surface area contributed by atoms with Crippen LogP contribution in [0.4, 0.5) is 4.79 Å². The number of urea groups is 1. The minimum Gasteiger partial charge on any atom is -0.494 e. The van der Waals surface area contributed by atoms with Crippen LogP contribution in [0.15, 0.2) is 24.3 Å². The van der Waals surface area contributed by atoms with Crippen LogP contribution >= 0.6 is 0 Å². The van der Waals surface area contributed by atoms with E-state index in [-0.39, 0.29) is 23.6 Å². The van der Waals surface area contributed by atoms with Gasteiger partial charge in [0.05, 0.1) is 24.7 Å². The van der Waals surface area contributed by atoms with Crippen molar-refractivity contribution in [2.45, 2.75) is 26.3 Å². The maximum Gasteiger partial charge on any atom is 0.317 e. The zero-order valence-corrected chi connectivity index (χ0v) is 15.5. The van der Waals surface area contributed by atoms with Crippen molar-refractivity contribution in [3.05, 3.63) is 24.3 Å². The molecule has 1 unspecified atom stereocenters. The molecule has 0 bridgehead atoms. The van der Waals surface area contributed by atoms with Gasteiger partial charge >= 0.3 is 6.03 Å². The molecular weight excluding hydrogens is 344 g/mol. The van der Waals surface area contributed by atoms with Crippen LogP contribution in [-0.2, 0) is 9.84 Å². The lowest BCUT2D eigenvalue weighted by Crippen LogP contribution is -2.47. The van der Waals surface area contributed by atoms with Gasteiger partial charge in [0.2, 0.25) is 0 Å². The fraction of sp³-hybridized carbons (Fsp3) is 0.588. The molecule has 8 heteroatoms. The molecule has 0 aliphatic carbocycles. The molecule has 1 aliphatic rings. The van der Waals surface area contributed by atoms with Gasteiger partial charge in [-0.05, 0) is 32.4 Å². The number of carbonyl (C=O) groups is 1. The van der Waals surface area contributed by atoms with Gasteiger partial charge in [-0.1, -0.05) is 6.07 Å². The van der Waals surface area contributed by atoms with E-state index in [1.165, 1.54) is 0 Å². The fourth-order valence-corrected chi connectivity index (χ4v) is 4.57. The molecule has 1 N–H and O–H groups in total. The molecule has 1 aromatic carbocycles. The summed E-state index contributed by atoms with van der Waals surface area (Å²) in [6.45, 7) is 5.49. The van der Waals surface area contributed by atoms with Crippen LogP contribution < -0.4 is 14.8 Å². The minimum atomic E-state index is -3.01. The van der Waals surface area contributed by atoms with Gasteiger partial charge in [-0.15, -0.1) is 0 Å². The Balaban J connectivity index is 1.76. The van der Waals surface area contributed by atoms with Crippen LogP contribution in [0.3, 0.4) is 0 Å². The first-order valence-electron chi connectivity index (χ1n) is 8.55. The quantitative estimate of drug-likeness (QED) is 0.704. The minimum absolute atomic E-state index is 0.0506. The van der Waals surface area contributed by atoms with Gasteiger partial charge in [-0.25, -0.2) is 13.2 Å². The number of hydrogen-bond acceptors (Lipinski definition) is 5. The van der Waals surface area contributed by atoms with E-state index in [1.807, 2.05) is 32.0 Å². The Bertz CT molecular complexity index is 677. The van der Waals surface area contributed by atoms with Crippen molar-refractivity contribution in [3.8, 4) is 11.5 Å². The van der Waals surface area contributed by atoms with Gasteiger partial charge in [0.15, 0.2) is 9.84 Å². The van der Waals surface area contributed by atoms with Crippen molar-refractivity contribution >= 4 is 15.9 Å². The van der Waals surface area contributed by atoms with Crippen LogP contribution in [0.5, 0.6) is 11.5 Å². The number of carbonyl (C=O) groups excluding carboxylic acids is 1. The van der Waals surface area contributed by atoms with Gasteiger partial charge in [0.1, 0.15) is 18.1 Å². The van der Waals surface area contributed by atoms with Crippen molar-refractivity contribution in [1.29, 1.82) is 0 Å². The second-order valence-electron chi connectivity index (χ2n) is 5.83. The highest BCUT2D eigenvalue weighted by molar-refractivity contribution is 7.91. The number of nitrogens with one attached hydrogen (secondary N) is 1. The normalized spacial score (nSPS) is 18.6. The Morgan fingerprint density at radius 1 is 1.28 bits per heavy atom. The number of rotatable bonds is 8. The Morgan fingerprint density at radius 3 is 2.60 bits per heavy atom. The maximum absolute atomic E-state index is 12.3. The standard InChI is InChI=1S/C17H26N2O5S/c1-3-19(14-8-11-25(21,22)13-14)17(20)18-9-10-24-16-7-5-6-15(12-16)23-4-2/h5-7,12,14H,3-4,8-11,13H2,1-2H3,(H,18,20). The molecule has 1 fully saturated rings. The molecule has 2 amide bonds. The maximum atomic E-state index is 12.3. The Hall–Kier alpha value is -1.96. The fourth-order valence-electron chi connectivity index (χ4n) is 2.84. The Kier molecular flexibility index (Phi) is 6.92. The molecule has 140 valence electrons. The van der Waals surface area contributed by atoms with Crippen molar-refractivity contribution in [1.82, 2.24) is 10.2 Å². The number of hydrogen-bond donors (Lipinski definition) is 1. The SMILES string of the molecule is CCOc1cccc(OCCNC(=O)N(CC)C2CCS(=O)(=O)C2)c1. The van der Waals surface area contributed by atoms with E-state index in [9.17, 15) is 13.2 Å². The topological polar surface area (TPSA) is 84.9 Å². The third-order valence-corrected chi connectivity index (χ3v) is 5.76. The third-order valence-electron chi connectivity index (χ3n) is 4.01. The summed E-state index contributed by atoms with van der Waals surface area (Å²) in [6, 6.07) is 6.83. The number of nitrogens with zero attached hydrogens (tertiary/aromatic N) is 1. The monoisotopic (exact) mass is 370 g/mol. The first-order chi connectivity index (χ1) is 11.9. The van der Waals surface area contributed by atoms with E-state index in [4.69, 9.17) is 9.47 Å². The van der Waals surface area contributed by atoms with Crippen LogP contribution in [0.1, 0.15) is 20.3 Å². The number of amides is 2. The van der Waals surface area contributed by atoms with E-state index < -0.39 is 9.84 Å². The summed E-state index contributed by atoms with van der Waals surface area (Å²) >= 11 is 0. The summed E-state index contributed by atoms with van der Waals surface area (Å²) in [5.74, 6) is 1.62. The predicted octanol–water partition coefficient (Wildman–Crippen LogP) is 1.68. The molecule has 1 aliphatic heterocycles. The number of sulfone groups is 1. The highest BCUT2D eigenvalue weighted by atomic mass is 32.2. The largest absolute Gasteiger partial charge is 0.494 e. The molecule has 2 rings (SSSR count). The predicted molar refractivity (Wildman–Crippen MR) is 95.9 cm³/mol. The van der Waals surface area contributed by atoms with Crippen LogP contribution in [0, 0.1) is 0 Å². The van der Waals surface area contributed by atoms with Crippen LogP contribution in [-0.4, -0.2) is 63.2 Å². The lowest BCUT2D eigenvalue weighted by molar-refractivity contribution is 0.181. The van der Waals surface area contributed by atoms with Gasteiger partial charge < -0.3 is 19.7 Å². The number of benzene rings is 1. The van der Waals surface area contributed by atoms with Crippen molar-refractivity contribution in [2.75, 3.05) is 37.8 Å². The second-order valence-corrected chi connectivity index (χ2v) is 8.06. The summed E-state index contributed by atoms with van der Waals surface area (Å²) < 4.78 is 34.2. The second kappa shape index (κ2) is 8.94. The van der Waals surface area contributed by atoms with Gasteiger partial charge in [0.25, 0.3) is 0 Å². The van der Waals surface area contributed by atoms with Crippen molar-refractivity contribution in [3.63, 3.8) is 0 Å². The Labute approximate surface area is 149 Å². The Morgan fingerprint density at radius 2 is 2.00 bits per heavy atom. The first kappa shape index (κ1) is 19.4. The van der Waals surface area contributed by atoms with E-state index in [2.05, 4.69) is 5.32 Å². The van der Waals surface area contributed by atoms with E-state index in [1.54, 1.807) is 11.0 Å². The lowest BCUT2D eigenvalue weighted by Gasteiger charge is -2.27. The molecule has 25 heavy (non-hydrogen) atoms. The lowest BCUT2D eigenvalue weighted by atomic mass is 10.2. The molecule has 0 spiro atoms. The average molecular weight is 370 g/mol. The van der Waals surface area contributed by atoms with E-state index in [0.717, 1.165) is 5.75 Å². The number of ether oxygens (including phenoxy) is 2. The van der Waals surface area contributed by atoms with E-state index in [0.29, 0.717) is 38.5 Å². The zero-order valence-electron chi connectivity index (χ0n) is 14.7. The molecule has 7 nitrogen and oxygen atoms in total. The van der Waals surface area contributed by atoms with Crippen LogP contribution in [0.2, 0.25) is 0 Å². The summed E-state index contributed by atoms with van der Waals surface area (Å²) in [6.07, 6.45) is 0.504. The molecule has 0 saturated carbocycles. The van der Waals surface area contributed by atoms with Gasteiger partial charge in [-0.2, -0.15) is 0 Å². The average Bonchev–Trinajstić information content (AvgIpc) is 2.93. The summed E-state index contributed by atoms with van der Waals surface area (Å²) in [5.41, 5.74) is 0. The van der Waals surface area contributed by atoms with Crippen LogP contribution in [0.25, 0.3) is 0 Å². The molecule has 1 heterocycles. The molecule has 0 radical (unpaired) electrons. The smallest absolute Gasteiger partial charge is 0.317 e. The summed E-state index contributed by atoms with van der Waals surface area (Å²) in [4.78, 5) is 13.9. The first-order valence-corrected chi connectivity index (χ1v) is 10.4. The third kappa shape index (κ3) is 5.81. The zero-order chi connectivity index (χ0) is 18.3. The molecule has 1 atom stereocenters. The van der Waals surface area contributed by atoms with E-state index >= 15 is 0 Å². The molecular formula is C17H26N2O5S. The molecule has 1 saturated heterocycles. The molecule has 0 aromatic heterocycles. The van der Waals surface area contributed by atoms with Crippen molar-refractivity contribution < 1.29 is 22.7 Å². The summed E-state index contributed by atoms with van der Waals surface area (Å²) in [5, 5.41) is 2.78. The van der Waals surface area contributed by atoms with Gasteiger partial charge in [-0.3, -0.25) is 0 Å². The highest BCUT2D eigenvalue weighted by Crippen LogP contribution is 2.19. The van der Waals surface area contributed by atoms with Crippen molar-refractivity contribution in [2.24, 2.45) is 0 Å². The van der Waals surface area contributed by atoms with Gasteiger partial charge in [0, 0.05) is 18.7 Å². The molecule has 1 aromatic rings. The summed E-state index contributed by atoms with van der Waals surface area (Å²) in [7, 11) is -3.01. The highest BCUT2D eigenvalue weighted by Gasteiger charge is 2.33.